The monoisotopic (exact) mass is 387 g/mol. The Hall–Kier alpha value is -1.15. The summed E-state index contributed by atoms with van der Waals surface area (Å²) in [5.74, 6) is -0.235. The second-order valence-corrected chi connectivity index (χ2v) is 8.52. The van der Waals surface area contributed by atoms with Crippen LogP contribution in [0.1, 0.15) is 42.5 Å². The van der Waals surface area contributed by atoms with Gasteiger partial charge in [-0.2, -0.15) is 4.31 Å². The Kier molecular flexibility index (Phi) is 6.85. The van der Waals surface area contributed by atoms with Crippen LogP contribution in [0, 0.1) is 0 Å². The van der Waals surface area contributed by atoms with Crippen LogP contribution in [0.5, 0.6) is 0 Å². The maximum atomic E-state index is 13.0. The zero-order valence-electron chi connectivity index (χ0n) is 14.3. The Bertz CT molecular complexity index is 705. The fourth-order valence-electron chi connectivity index (χ4n) is 3.48. The second kappa shape index (κ2) is 8.49. The first-order chi connectivity index (χ1) is 11.5. The predicted octanol–water partition coefficient (Wildman–Crippen LogP) is 1.85. The van der Waals surface area contributed by atoms with Gasteiger partial charge in [0.15, 0.2) is 0 Å². The van der Waals surface area contributed by atoms with Crippen molar-refractivity contribution in [2.75, 3.05) is 26.2 Å². The Morgan fingerprint density at radius 3 is 2.40 bits per heavy atom. The molecule has 0 bridgehead atoms. The minimum absolute atomic E-state index is 0. The summed E-state index contributed by atoms with van der Waals surface area (Å²) in [5.41, 5.74) is 6.22. The molecular weight excluding hydrogens is 362 g/mol. The summed E-state index contributed by atoms with van der Waals surface area (Å²) < 4.78 is 27.5. The van der Waals surface area contributed by atoms with E-state index in [1.165, 1.54) is 4.31 Å². The van der Waals surface area contributed by atoms with Gasteiger partial charge in [0.2, 0.25) is 10.0 Å². The van der Waals surface area contributed by atoms with Crippen molar-refractivity contribution in [2.24, 2.45) is 5.73 Å². The highest BCUT2D eigenvalue weighted by Gasteiger charge is 2.32. The lowest BCUT2D eigenvalue weighted by atomic mass is 10.1. The van der Waals surface area contributed by atoms with Crippen molar-refractivity contribution in [2.45, 2.75) is 43.0 Å². The minimum Gasteiger partial charge on any atom is -0.337 e. The van der Waals surface area contributed by atoms with Gasteiger partial charge in [0.05, 0.1) is 10.5 Å². The van der Waals surface area contributed by atoms with Crippen molar-refractivity contribution in [3.63, 3.8) is 0 Å². The number of carbonyl (C=O) groups excluding carboxylic acids is 1. The van der Waals surface area contributed by atoms with Crippen molar-refractivity contribution in [3.05, 3.63) is 29.8 Å². The molecule has 2 fully saturated rings. The molecule has 2 N–H and O–H groups in total. The van der Waals surface area contributed by atoms with Gasteiger partial charge < -0.3 is 10.6 Å². The number of nitrogens with two attached hydrogens (primary N) is 1. The summed E-state index contributed by atoms with van der Waals surface area (Å²) in [5, 5.41) is 0. The molecule has 0 saturated carbocycles. The minimum atomic E-state index is -3.64. The molecule has 2 aliphatic heterocycles. The molecule has 0 spiro atoms. The van der Waals surface area contributed by atoms with E-state index >= 15 is 0 Å². The number of sulfonamides is 1. The van der Waals surface area contributed by atoms with Crippen LogP contribution >= 0.6 is 12.4 Å². The topological polar surface area (TPSA) is 83.7 Å². The van der Waals surface area contributed by atoms with E-state index in [2.05, 4.69) is 0 Å². The number of nitrogens with zero attached hydrogens (tertiary/aromatic N) is 2. The molecule has 1 atom stereocenters. The van der Waals surface area contributed by atoms with E-state index in [0.29, 0.717) is 26.2 Å². The summed E-state index contributed by atoms with van der Waals surface area (Å²) in [4.78, 5) is 14.7. The molecule has 1 unspecified atom stereocenters. The molecule has 2 heterocycles. The Morgan fingerprint density at radius 2 is 1.72 bits per heavy atom. The molecule has 8 heteroatoms. The van der Waals surface area contributed by atoms with Crippen molar-refractivity contribution in [1.29, 1.82) is 0 Å². The van der Waals surface area contributed by atoms with Gasteiger partial charge in [-0.15, -0.1) is 12.4 Å². The van der Waals surface area contributed by atoms with E-state index in [1.807, 2.05) is 0 Å². The van der Waals surface area contributed by atoms with Gasteiger partial charge in [-0.3, -0.25) is 4.79 Å². The quantitative estimate of drug-likeness (QED) is 0.857. The first-order valence-electron chi connectivity index (χ1n) is 8.64. The number of halogens is 1. The normalized spacial score (nSPS) is 22.3. The van der Waals surface area contributed by atoms with Crippen LogP contribution in [0.3, 0.4) is 0 Å². The van der Waals surface area contributed by atoms with Gasteiger partial charge in [0.1, 0.15) is 0 Å². The smallest absolute Gasteiger partial charge is 0.255 e. The summed E-state index contributed by atoms with van der Waals surface area (Å²) in [7, 11) is -3.64. The molecule has 6 nitrogen and oxygen atoms in total. The van der Waals surface area contributed by atoms with Crippen LogP contribution in [0.2, 0.25) is 0 Å². The predicted molar refractivity (Wildman–Crippen MR) is 99.4 cm³/mol. The maximum absolute atomic E-state index is 13.0. The Labute approximate surface area is 155 Å². The molecule has 0 aromatic heterocycles. The van der Waals surface area contributed by atoms with Crippen molar-refractivity contribution in [1.82, 2.24) is 9.21 Å². The Morgan fingerprint density at radius 1 is 1.04 bits per heavy atom. The molecule has 1 amide bonds. The summed E-state index contributed by atoms with van der Waals surface area (Å²) >= 11 is 0. The van der Waals surface area contributed by atoms with E-state index in [0.717, 1.165) is 32.1 Å². The largest absolute Gasteiger partial charge is 0.337 e. The number of amides is 1. The fourth-order valence-corrected chi connectivity index (χ4v) is 5.18. The number of carbonyl (C=O) groups is 1. The van der Waals surface area contributed by atoms with Gasteiger partial charge in [-0.1, -0.05) is 18.6 Å². The second-order valence-electron chi connectivity index (χ2n) is 6.61. The van der Waals surface area contributed by atoms with Crippen LogP contribution < -0.4 is 5.73 Å². The lowest BCUT2D eigenvalue weighted by Crippen LogP contribution is -2.46. The molecule has 2 aliphatic rings. The standard InChI is InChI=1S/C17H25N3O3S.ClH/c18-14-7-6-10-19(13-14)17(21)15-8-2-3-9-16(15)24(22,23)20-11-4-1-5-12-20;/h2-3,8-9,14H,1,4-7,10-13,18H2;1H. The van der Waals surface area contributed by atoms with Crippen LogP contribution in [0.25, 0.3) is 0 Å². The molecule has 25 heavy (non-hydrogen) atoms. The van der Waals surface area contributed by atoms with Gasteiger partial charge in [-0.25, -0.2) is 8.42 Å². The maximum Gasteiger partial charge on any atom is 0.255 e. The third-order valence-corrected chi connectivity index (χ3v) is 6.75. The van der Waals surface area contributed by atoms with Crippen molar-refractivity contribution in [3.8, 4) is 0 Å². The molecule has 2 saturated heterocycles. The molecule has 3 rings (SSSR count). The molecule has 0 aliphatic carbocycles. The van der Waals surface area contributed by atoms with E-state index in [1.54, 1.807) is 29.2 Å². The molecule has 1 aromatic rings. The van der Waals surface area contributed by atoms with E-state index in [9.17, 15) is 13.2 Å². The number of rotatable bonds is 3. The lowest BCUT2D eigenvalue weighted by molar-refractivity contribution is 0.0704. The van der Waals surface area contributed by atoms with Crippen LogP contribution in [-0.2, 0) is 10.0 Å². The van der Waals surface area contributed by atoms with Gasteiger partial charge in [0.25, 0.3) is 5.91 Å². The fraction of sp³-hybridized carbons (Fsp3) is 0.588. The molecule has 1 aromatic carbocycles. The van der Waals surface area contributed by atoms with Gasteiger partial charge in [0, 0.05) is 32.2 Å². The Balaban J connectivity index is 0.00000225. The van der Waals surface area contributed by atoms with Gasteiger partial charge >= 0.3 is 0 Å². The third kappa shape index (κ3) is 4.34. The molecular formula is C17H26ClN3O3S. The van der Waals surface area contributed by atoms with Crippen LogP contribution in [-0.4, -0.2) is 55.8 Å². The zero-order chi connectivity index (χ0) is 17.2. The van der Waals surface area contributed by atoms with E-state index in [4.69, 9.17) is 5.73 Å². The summed E-state index contributed by atoms with van der Waals surface area (Å²) in [6.07, 6.45) is 4.55. The number of piperidine rings is 2. The van der Waals surface area contributed by atoms with Crippen LogP contribution in [0.15, 0.2) is 29.2 Å². The highest BCUT2D eigenvalue weighted by molar-refractivity contribution is 7.89. The first-order valence-corrected chi connectivity index (χ1v) is 10.1. The number of hydrogen-bond acceptors (Lipinski definition) is 4. The number of benzene rings is 1. The van der Waals surface area contributed by atoms with E-state index in [-0.39, 0.29) is 34.8 Å². The summed E-state index contributed by atoms with van der Waals surface area (Å²) in [6, 6.07) is 6.51. The SMILES string of the molecule is Cl.NC1CCCN(C(=O)c2ccccc2S(=O)(=O)N2CCCCC2)C1. The number of likely N-dealkylation sites (tertiary alicyclic amines) is 1. The highest BCUT2D eigenvalue weighted by Crippen LogP contribution is 2.25. The zero-order valence-corrected chi connectivity index (χ0v) is 15.9. The highest BCUT2D eigenvalue weighted by atomic mass is 35.5. The molecule has 0 radical (unpaired) electrons. The molecule has 140 valence electrons. The average molecular weight is 388 g/mol. The third-order valence-electron chi connectivity index (χ3n) is 4.80. The first kappa shape index (κ1) is 20.2. The summed E-state index contributed by atoms with van der Waals surface area (Å²) in [6.45, 7) is 2.17. The van der Waals surface area contributed by atoms with Crippen LogP contribution in [0.4, 0.5) is 0 Å². The average Bonchev–Trinajstić information content (AvgIpc) is 2.62. The number of hydrogen-bond donors (Lipinski definition) is 1. The van der Waals surface area contributed by atoms with Crippen molar-refractivity contribution >= 4 is 28.3 Å². The van der Waals surface area contributed by atoms with Crippen molar-refractivity contribution < 1.29 is 13.2 Å². The van der Waals surface area contributed by atoms with E-state index < -0.39 is 10.0 Å². The van der Waals surface area contributed by atoms with Gasteiger partial charge in [-0.05, 0) is 37.8 Å². The lowest BCUT2D eigenvalue weighted by Gasteiger charge is -2.32.